The molecule has 0 amide bonds. The van der Waals surface area contributed by atoms with Gasteiger partial charge in [0.05, 0.1) is 25.1 Å². The van der Waals surface area contributed by atoms with Crippen molar-refractivity contribution in [3.05, 3.63) is 56.9 Å². The first-order valence-corrected chi connectivity index (χ1v) is 26.6. The van der Waals surface area contributed by atoms with Crippen molar-refractivity contribution in [2.45, 2.75) is 195 Å². The van der Waals surface area contributed by atoms with Gasteiger partial charge in [-0.3, -0.25) is 0 Å². The number of unbranched alkanes of at least 4 members (excludes halogenated alkanes) is 4. The Morgan fingerprint density at radius 2 is 0.982 bits per heavy atom. The fraction of sp³-hybridized carbons (Fsp3) is 0.680. The highest BCUT2D eigenvalue weighted by atomic mass is 32.1. The van der Waals surface area contributed by atoms with Gasteiger partial charge in [-0.15, -0.1) is 45.3 Å². The van der Waals surface area contributed by atoms with Gasteiger partial charge in [-0.25, -0.2) is 0 Å². The molecule has 1 aliphatic heterocycles. The first kappa shape index (κ1) is 48.0. The van der Waals surface area contributed by atoms with Gasteiger partial charge in [0.15, 0.2) is 0 Å². The van der Waals surface area contributed by atoms with E-state index in [1.807, 2.05) is 28.1 Å². The molecule has 57 heavy (non-hydrogen) atoms. The standard InChI is InChI=1S/C25H40O2S2.C25H38OS2/c1-5-9-11-19(7-3)17-25(27,18-20(8-4)12-10-6-2)21-13-15-28-23(21)24-22(26)14-16-29-24;1-5-9-11-19(7-3)17-25(18-20(8-4)12-10-6-2)21-13-15-27-23(21)24-22(26-25)14-16-28-24/h13-16,19-20,26-27H,5-12,17-18H2,1-4H3;13-16,19-20H,5-12,17-18H2,1-4H3. The quantitative estimate of drug-likeness (QED) is 0.0661. The minimum atomic E-state index is -0.825. The van der Waals surface area contributed by atoms with E-state index in [2.05, 4.69) is 89.7 Å². The number of aliphatic hydroxyl groups is 1. The van der Waals surface area contributed by atoms with Gasteiger partial charge in [0, 0.05) is 11.1 Å². The van der Waals surface area contributed by atoms with Crippen LogP contribution in [0.1, 0.15) is 195 Å². The lowest BCUT2D eigenvalue weighted by molar-refractivity contribution is -0.0153. The molecule has 0 aromatic carbocycles. The minimum Gasteiger partial charge on any atom is -0.506 e. The van der Waals surface area contributed by atoms with Crippen LogP contribution in [0.25, 0.3) is 19.5 Å². The third-order valence-corrected chi connectivity index (χ3v) is 16.9. The molecule has 7 heteroatoms. The van der Waals surface area contributed by atoms with E-state index in [1.165, 1.54) is 118 Å². The molecule has 0 spiro atoms. The molecule has 0 bridgehead atoms. The van der Waals surface area contributed by atoms with Crippen molar-refractivity contribution in [1.29, 1.82) is 0 Å². The Morgan fingerprint density at radius 3 is 1.47 bits per heavy atom. The van der Waals surface area contributed by atoms with Crippen molar-refractivity contribution in [2.24, 2.45) is 23.7 Å². The van der Waals surface area contributed by atoms with Crippen molar-refractivity contribution in [1.82, 2.24) is 0 Å². The van der Waals surface area contributed by atoms with Gasteiger partial charge in [0.2, 0.25) is 0 Å². The number of rotatable bonds is 26. The molecule has 0 saturated carbocycles. The van der Waals surface area contributed by atoms with Crippen LogP contribution < -0.4 is 4.74 Å². The van der Waals surface area contributed by atoms with Crippen LogP contribution in [0.15, 0.2) is 45.8 Å². The second kappa shape index (κ2) is 24.6. The average Bonchev–Trinajstić information content (AvgIpc) is 4.06. The molecule has 0 aliphatic carbocycles. The van der Waals surface area contributed by atoms with Crippen molar-refractivity contribution < 1.29 is 14.9 Å². The molecule has 4 unspecified atom stereocenters. The minimum absolute atomic E-state index is 0.133. The zero-order chi connectivity index (χ0) is 41.3. The van der Waals surface area contributed by atoms with Gasteiger partial charge in [-0.1, -0.05) is 158 Å². The lowest BCUT2D eigenvalue weighted by Crippen LogP contribution is -2.39. The second-order valence-corrected chi connectivity index (χ2v) is 20.9. The van der Waals surface area contributed by atoms with E-state index in [0.717, 1.165) is 58.6 Å². The summed E-state index contributed by atoms with van der Waals surface area (Å²) in [5.41, 5.74) is 1.56. The first-order valence-electron chi connectivity index (χ1n) is 23.1. The van der Waals surface area contributed by atoms with Crippen LogP contribution in [0.2, 0.25) is 0 Å². The van der Waals surface area contributed by atoms with E-state index in [9.17, 15) is 10.2 Å². The van der Waals surface area contributed by atoms with Crippen molar-refractivity contribution in [3.8, 4) is 31.0 Å². The van der Waals surface area contributed by atoms with Gasteiger partial charge in [-0.05, 0) is 95.1 Å². The molecule has 5 rings (SSSR count). The van der Waals surface area contributed by atoms with Gasteiger partial charge < -0.3 is 14.9 Å². The van der Waals surface area contributed by atoms with Gasteiger partial charge >= 0.3 is 0 Å². The summed E-state index contributed by atoms with van der Waals surface area (Å²) in [6.07, 6.45) is 23.9. The summed E-state index contributed by atoms with van der Waals surface area (Å²) < 4.78 is 6.99. The Labute approximate surface area is 364 Å². The molecule has 3 nitrogen and oxygen atoms in total. The molecule has 0 saturated heterocycles. The molecule has 4 atom stereocenters. The van der Waals surface area contributed by atoms with Crippen LogP contribution in [-0.2, 0) is 11.2 Å². The highest BCUT2D eigenvalue weighted by Gasteiger charge is 2.45. The summed E-state index contributed by atoms with van der Waals surface area (Å²) in [6.45, 7) is 18.4. The predicted molar refractivity (Wildman–Crippen MR) is 255 cm³/mol. The van der Waals surface area contributed by atoms with Crippen LogP contribution >= 0.6 is 45.3 Å². The third-order valence-electron chi connectivity index (χ3n) is 13.0. The number of hydrogen-bond acceptors (Lipinski definition) is 7. The van der Waals surface area contributed by atoms with Gasteiger partial charge in [0.25, 0.3) is 0 Å². The summed E-state index contributed by atoms with van der Waals surface area (Å²) in [5, 5.41) is 31.0. The van der Waals surface area contributed by atoms with Crippen LogP contribution in [0.4, 0.5) is 0 Å². The van der Waals surface area contributed by atoms with E-state index < -0.39 is 5.60 Å². The van der Waals surface area contributed by atoms with Crippen molar-refractivity contribution in [3.63, 3.8) is 0 Å². The normalized spacial score (nSPS) is 18.1. The van der Waals surface area contributed by atoms with E-state index in [0.29, 0.717) is 17.6 Å². The van der Waals surface area contributed by atoms with Crippen LogP contribution in [0.5, 0.6) is 11.5 Å². The molecular formula is C50H78O3S4. The molecule has 1 aliphatic rings. The number of thiophene rings is 4. The summed E-state index contributed by atoms with van der Waals surface area (Å²) in [7, 11) is 0. The highest BCUT2D eigenvalue weighted by molar-refractivity contribution is 7.21. The van der Waals surface area contributed by atoms with Crippen molar-refractivity contribution >= 4 is 45.3 Å². The number of ether oxygens (including phenoxy) is 1. The number of hydrogen-bond donors (Lipinski definition) is 2. The fourth-order valence-electron chi connectivity index (χ4n) is 9.33. The monoisotopic (exact) mass is 854 g/mol. The molecule has 4 aromatic rings. The number of fused-ring (bicyclic) bond motifs is 3. The highest BCUT2D eigenvalue weighted by Crippen LogP contribution is 2.55. The predicted octanol–water partition coefficient (Wildman–Crippen LogP) is 17.9. The van der Waals surface area contributed by atoms with Gasteiger partial charge in [-0.2, -0.15) is 0 Å². The van der Waals surface area contributed by atoms with E-state index in [1.54, 1.807) is 28.7 Å². The smallest absolute Gasteiger partial charge is 0.140 e. The third kappa shape index (κ3) is 12.9. The second-order valence-electron chi connectivity index (χ2n) is 17.2. The average molecular weight is 855 g/mol. The summed E-state index contributed by atoms with van der Waals surface area (Å²) in [6, 6.07) is 8.45. The van der Waals surface area contributed by atoms with Crippen LogP contribution in [0.3, 0.4) is 0 Å². The summed E-state index contributed by atoms with van der Waals surface area (Å²) in [5.74, 6) is 4.03. The maximum atomic E-state index is 12.2. The van der Waals surface area contributed by atoms with Gasteiger partial charge in [0.1, 0.15) is 17.1 Å². The van der Waals surface area contributed by atoms with Crippen molar-refractivity contribution in [2.75, 3.05) is 0 Å². The Hall–Kier alpha value is -1.64. The zero-order valence-electron chi connectivity index (χ0n) is 37.0. The molecule has 4 aromatic heterocycles. The zero-order valence-corrected chi connectivity index (χ0v) is 40.3. The largest absolute Gasteiger partial charge is 0.506 e. The Kier molecular flexibility index (Phi) is 20.7. The molecule has 0 radical (unpaired) electrons. The van der Waals surface area contributed by atoms with Crippen LogP contribution in [0, 0.1) is 23.7 Å². The van der Waals surface area contributed by atoms with E-state index in [4.69, 9.17) is 4.74 Å². The molecule has 0 fully saturated rings. The summed E-state index contributed by atoms with van der Waals surface area (Å²) >= 11 is 6.95. The maximum Gasteiger partial charge on any atom is 0.140 e. The SMILES string of the molecule is CCCCC(CC)CC(O)(CC(CC)CCCC)c1ccsc1-c1sccc1O.CCCCC(CC)CC1(CC(CC)CCCC)Oc2ccsc2-c2sccc21. The maximum absolute atomic E-state index is 12.2. The number of aromatic hydroxyl groups is 1. The molecule has 5 heterocycles. The Bertz CT molecular complexity index is 1620. The van der Waals surface area contributed by atoms with E-state index in [-0.39, 0.29) is 5.60 Å². The Morgan fingerprint density at radius 1 is 0.544 bits per heavy atom. The fourth-order valence-corrected chi connectivity index (χ4v) is 13.3. The lowest BCUT2D eigenvalue weighted by atomic mass is 9.74. The van der Waals surface area contributed by atoms with E-state index >= 15 is 0 Å². The first-order chi connectivity index (χ1) is 27.7. The molecule has 320 valence electrons. The summed E-state index contributed by atoms with van der Waals surface area (Å²) in [4.78, 5) is 4.78. The van der Waals surface area contributed by atoms with Crippen LogP contribution in [-0.4, -0.2) is 10.2 Å². The topological polar surface area (TPSA) is 49.7 Å². The Balaban J connectivity index is 0.000000253. The molecular weight excluding hydrogens is 777 g/mol. The molecule has 2 N–H and O–H groups in total. The lowest BCUT2D eigenvalue weighted by Gasteiger charge is -2.42.